The van der Waals surface area contributed by atoms with Gasteiger partial charge in [0, 0.05) is 31.4 Å². The topological polar surface area (TPSA) is 83.6 Å². The first-order valence-electron chi connectivity index (χ1n) is 8.04. The van der Waals surface area contributed by atoms with Crippen molar-refractivity contribution in [3.05, 3.63) is 64.0 Å². The van der Waals surface area contributed by atoms with Crippen molar-refractivity contribution in [1.29, 1.82) is 0 Å². The summed E-state index contributed by atoms with van der Waals surface area (Å²) in [5, 5.41) is 10.4. The molecule has 2 aromatic heterocycles. The number of piperidine rings is 1. The Balaban J connectivity index is 1.64. The highest BCUT2D eigenvalue weighted by Gasteiger charge is 2.30. The molecule has 1 N–H and O–H groups in total. The monoisotopic (exact) mass is 328 g/mol. The van der Waals surface area contributed by atoms with Gasteiger partial charge in [-0.05, 0) is 37.8 Å². The molecule has 126 valence electrons. The number of pyridine rings is 1. The predicted molar refractivity (Wildman–Crippen MR) is 87.5 cm³/mol. The maximum Gasteiger partial charge on any atom is 0.289 e. The number of aliphatic hydroxyl groups is 1. The Morgan fingerprint density at radius 3 is 2.71 bits per heavy atom. The first-order valence-corrected chi connectivity index (χ1v) is 8.04. The first-order chi connectivity index (χ1) is 11.5. The van der Waals surface area contributed by atoms with Crippen LogP contribution in [-0.2, 0) is 0 Å². The zero-order chi connectivity index (χ0) is 17.1. The van der Waals surface area contributed by atoms with Crippen molar-refractivity contribution in [3.63, 3.8) is 0 Å². The van der Waals surface area contributed by atoms with Crippen LogP contribution in [0, 0.1) is 12.8 Å². The average Bonchev–Trinajstić information content (AvgIpc) is 2.60. The summed E-state index contributed by atoms with van der Waals surface area (Å²) in [4.78, 5) is 29.9. The SMILES string of the molecule is Cc1cc(=O)cc(C(=O)N2CCC([C@H](O)c3ccccn3)CC2)o1. The third-order valence-electron chi connectivity index (χ3n) is 4.36. The molecule has 2 aromatic rings. The Hall–Kier alpha value is -2.47. The molecule has 1 fully saturated rings. The number of hydrogen-bond acceptors (Lipinski definition) is 5. The zero-order valence-corrected chi connectivity index (χ0v) is 13.5. The van der Waals surface area contributed by atoms with Gasteiger partial charge in [0.25, 0.3) is 5.91 Å². The first kappa shape index (κ1) is 16.4. The third-order valence-corrected chi connectivity index (χ3v) is 4.36. The number of amides is 1. The van der Waals surface area contributed by atoms with Crippen LogP contribution in [0.5, 0.6) is 0 Å². The number of carbonyl (C=O) groups excluding carboxylic acids is 1. The van der Waals surface area contributed by atoms with Crippen LogP contribution in [0.4, 0.5) is 0 Å². The molecule has 0 unspecified atom stereocenters. The largest absolute Gasteiger partial charge is 0.456 e. The summed E-state index contributed by atoms with van der Waals surface area (Å²) >= 11 is 0. The van der Waals surface area contributed by atoms with Crippen LogP contribution in [0.25, 0.3) is 0 Å². The average molecular weight is 328 g/mol. The van der Waals surface area contributed by atoms with Crippen molar-refractivity contribution in [2.45, 2.75) is 25.9 Å². The molecule has 24 heavy (non-hydrogen) atoms. The third kappa shape index (κ3) is 3.54. The van der Waals surface area contributed by atoms with E-state index in [1.54, 1.807) is 18.0 Å². The fourth-order valence-corrected chi connectivity index (χ4v) is 3.08. The van der Waals surface area contributed by atoms with E-state index in [1.807, 2.05) is 18.2 Å². The summed E-state index contributed by atoms with van der Waals surface area (Å²) in [5.41, 5.74) is 0.425. The van der Waals surface area contributed by atoms with E-state index < -0.39 is 6.10 Å². The van der Waals surface area contributed by atoms with Gasteiger partial charge in [-0.1, -0.05) is 6.07 Å². The van der Waals surface area contributed by atoms with Crippen molar-refractivity contribution in [1.82, 2.24) is 9.88 Å². The summed E-state index contributed by atoms with van der Waals surface area (Å²) in [6.07, 6.45) is 2.40. The second kappa shape index (κ2) is 6.97. The number of nitrogens with zero attached hydrogens (tertiary/aromatic N) is 2. The van der Waals surface area contributed by atoms with Crippen LogP contribution in [0.3, 0.4) is 0 Å². The van der Waals surface area contributed by atoms with Gasteiger partial charge in [0.1, 0.15) is 5.76 Å². The molecule has 1 saturated heterocycles. The van der Waals surface area contributed by atoms with E-state index >= 15 is 0 Å². The highest BCUT2D eigenvalue weighted by atomic mass is 16.3. The maximum absolute atomic E-state index is 12.5. The molecule has 0 saturated carbocycles. The van der Waals surface area contributed by atoms with Gasteiger partial charge in [0.05, 0.1) is 11.8 Å². The van der Waals surface area contributed by atoms with Crippen molar-refractivity contribution in [2.75, 3.05) is 13.1 Å². The summed E-state index contributed by atoms with van der Waals surface area (Å²) < 4.78 is 5.37. The number of rotatable bonds is 3. The van der Waals surface area contributed by atoms with E-state index in [2.05, 4.69) is 4.98 Å². The Labute approximate surface area is 139 Å². The van der Waals surface area contributed by atoms with Crippen LogP contribution in [0.15, 0.2) is 45.7 Å². The van der Waals surface area contributed by atoms with Crippen LogP contribution < -0.4 is 5.43 Å². The molecule has 3 rings (SSSR count). The minimum atomic E-state index is -0.625. The molecule has 0 aromatic carbocycles. The molecule has 0 spiro atoms. The second-order valence-electron chi connectivity index (χ2n) is 6.10. The molecular weight excluding hydrogens is 308 g/mol. The standard InChI is InChI=1S/C18H20N2O4/c1-12-10-14(21)11-16(24-12)18(23)20-8-5-13(6-9-20)17(22)15-4-2-3-7-19-15/h2-4,7,10-11,13,17,22H,5-6,8-9H2,1H3/t17-/m0/s1. The van der Waals surface area contributed by atoms with Crippen LogP contribution in [0.1, 0.15) is 41.0 Å². The summed E-state index contributed by atoms with van der Waals surface area (Å²) in [6, 6.07) is 8.05. The van der Waals surface area contributed by atoms with Gasteiger partial charge in [0.2, 0.25) is 0 Å². The number of aliphatic hydroxyl groups excluding tert-OH is 1. The zero-order valence-electron chi connectivity index (χ0n) is 13.5. The van der Waals surface area contributed by atoms with Gasteiger partial charge in [-0.15, -0.1) is 0 Å². The van der Waals surface area contributed by atoms with Gasteiger partial charge in [-0.3, -0.25) is 14.6 Å². The van der Waals surface area contributed by atoms with E-state index in [1.165, 1.54) is 12.1 Å². The fraction of sp³-hybridized carbons (Fsp3) is 0.389. The molecule has 0 aliphatic carbocycles. The molecular formula is C18H20N2O4. The van der Waals surface area contributed by atoms with Crippen molar-refractivity contribution in [2.24, 2.45) is 5.92 Å². The summed E-state index contributed by atoms with van der Waals surface area (Å²) in [5.74, 6) is 0.282. The van der Waals surface area contributed by atoms with E-state index in [0.717, 1.165) is 0 Å². The normalized spacial score (nSPS) is 16.8. The predicted octanol–water partition coefficient (Wildman–Crippen LogP) is 1.93. The summed E-state index contributed by atoms with van der Waals surface area (Å²) in [7, 11) is 0. The van der Waals surface area contributed by atoms with E-state index in [-0.39, 0.29) is 23.0 Å². The van der Waals surface area contributed by atoms with Crippen LogP contribution in [0.2, 0.25) is 0 Å². The van der Waals surface area contributed by atoms with Crippen LogP contribution in [-0.4, -0.2) is 34.0 Å². The Bertz CT molecular complexity index is 764. The lowest BCUT2D eigenvalue weighted by Gasteiger charge is -2.33. The molecule has 1 aliphatic heterocycles. The molecule has 0 bridgehead atoms. The lowest BCUT2D eigenvalue weighted by atomic mass is 9.89. The molecule has 0 radical (unpaired) electrons. The molecule has 1 amide bonds. The van der Waals surface area contributed by atoms with E-state index in [4.69, 9.17) is 4.42 Å². The Morgan fingerprint density at radius 1 is 1.33 bits per heavy atom. The lowest BCUT2D eigenvalue weighted by molar-refractivity contribution is 0.0426. The number of likely N-dealkylation sites (tertiary alicyclic amines) is 1. The van der Waals surface area contributed by atoms with Gasteiger partial charge in [-0.25, -0.2) is 0 Å². The number of hydrogen-bond donors (Lipinski definition) is 1. The Morgan fingerprint density at radius 2 is 2.08 bits per heavy atom. The highest BCUT2D eigenvalue weighted by molar-refractivity contribution is 5.91. The smallest absolute Gasteiger partial charge is 0.289 e. The molecule has 1 atom stereocenters. The fourth-order valence-electron chi connectivity index (χ4n) is 3.08. The highest BCUT2D eigenvalue weighted by Crippen LogP contribution is 2.30. The number of aryl methyl sites for hydroxylation is 1. The van der Waals surface area contributed by atoms with Gasteiger partial charge in [0.15, 0.2) is 11.2 Å². The Kier molecular flexibility index (Phi) is 4.76. The van der Waals surface area contributed by atoms with E-state index in [0.29, 0.717) is 37.4 Å². The quantitative estimate of drug-likeness (QED) is 0.931. The molecule has 6 nitrogen and oxygen atoms in total. The lowest BCUT2D eigenvalue weighted by Crippen LogP contribution is -2.40. The minimum Gasteiger partial charge on any atom is -0.456 e. The van der Waals surface area contributed by atoms with E-state index in [9.17, 15) is 14.7 Å². The van der Waals surface area contributed by atoms with Crippen molar-refractivity contribution >= 4 is 5.91 Å². The molecule has 3 heterocycles. The maximum atomic E-state index is 12.5. The van der Waals surface area contributed by atoms with Gasteiger partial charge < -0.3 is 14.4 Å². The molecule has 1 aliphatic rings. The minimum absolute atomic E-state index is 0.0634. The van der Waals surface area contributed by atoms with Gasteiger partial charge >= 0.3 is 0 Å². The molecule has 6 heteroatoms. The van der Waals surface area contributed by atoms with Crippen molar-refractivity contribution in [3.8, 4) is 0 Å². The van der Waals surface area contributed by atoms with Crippen LogP contribution >= 0.6 is 0 Å². The number of carbonyl (C=O) groups is 1. The number of aromatic nitrogens is 1. The van der Waals surface area contributed by atoms with Gasteiger partial charge in [-0.2, -0.15) is 0 Å². The summed E-state index contributed by atoms with van der Waals surface area (Å²) in [6.45, 7) is 2.68. The van der Waals surface area contributed by atoms with Crippen molar-refractivity contribution < 1.29 is 14.3 Å². The second-order valence-corrected chi connectivity index (χ2v) is 6.10.